The Morgan fingerprint density at radius 1 is 1.41 bits per heavy atom. The molecule has 1 aliphatic carbocycles. The lowest BCUT2D eigenvalue weighted by Crippen LogP contribution is -2.14. The SMILES string of the molecule is CC1CCc2nc(NC(=O)Cc3ccc(N)cc3)sc2C1.Cl. The van der Waals surface area contributed by atoms with Crippen LogP contribution in [0.5, 0.6) is 0 Å². The van der Waals surface area contributed by atoms with Gasteiger partial charge in [0, 0.05) is 10.6 Å². The van der Waals surface area contributed by atoms with Crippen molar-refractivity contribution in [2.24, 2.45) is 5.92 Å². The molecular weight excluding hydrogens is 318 g/mol. The van der Waals surface area contributed by atoms with Gasteiger partial charge in [0.2, 0.25) is 5.91 Å². The van der Waals surface area contributed by atoms with E-state index in [1.54, 1.807) is 11.3 Å². The van der Waals surface area contributed by atoms with Gasteiger partial charge in [0.1, 0.15) is 0 Å². The van der Waals surface area contributed by atoms with Crippen molar-refractivity contribution in [3.63, 3.8) is 0 Å². The summed E-state index contributed by atoms with van der Waals surface area (Å²) in [5.74, 6) is 0.690. The van der Waals surface area contributed by atoms with Crippen molar-refractivity contribution in [1.29, 1.82) is 0 Å². The Labute approximate surface area is 140 Å². The van der Waals surface area contributed by atoms with Gasteiger partial charge in [0.05, 0.1) is 12.1 Å². The third-order valence-electron chi connectivity index (χ3n) is 3.78. The van der Waals surface area contributed by atoms with Crippen molar-refractivity contribution in [3.8, 4) is 0 Å². The molecular formula is C16H20ClN3OS. The molecule has 0 aliphatic heterocycles. The number of aryl methyl sites for hydroxylation is 1. The minimum Gasteiger partial charge on any atom is -0.399 e. The molecule has 0 saturated heterocycles. The maximum absolute atomic E-state index is 12.1. The average Bonchev–Trinajstić information content (AvgIpc) is 2.82. The van der Waals surface area contributed by atoms with E-state index in [1.165, 1.54) is 17.0 Å². The number of nitrogens with one attached hydrogen (secondary N) is 1. The number of benzene rings is 1. The highest BCUT2D eigenvalue weighted by molar-refractivity contribution is 7.15. The minimum atomic E-state index is -0.0288. The molecule has 22 heavy (non-hydrogen) atoms. The molecule has 1 unspecified atom stereocenters. The van der Waals surface area contributed by atoms with Crippen LogP contribution in [0, 0.1) is 5.92 Å². The largest absolute Gasteiger partial charge is 0.399 e. The van der Waals surface area contributed by atoms with E-state index in [-0.39, 0.29) is 18.3 Å². The highest BCUT2D eigenvalue weighted by atomic mass is 35.5. The number of hydrogen-bond donors (Lipinski definition) is 2. The van der Waals surface area contributed by atoms with Gasteiger partial charge >= 0.3 is 0 Å². The number of thiazole rings is 1. The second kappa shape index (κ2) is 7.11. The van der Waals surface area contributed by atoms with Crippen LogP contribution in [0.1, 0.15) is 29.5 Å². The zero-order valence-electron chi connectivity index (χ0n) is 12.5. The molecule has 0 bridgehead atoms. The molecule has 4 nitrogen and oxygen atoms in total. The van der Waals surface area contributed by atoms with Crippen molar-refractivity contribution < 1.29 is 4.79 Å². The molecule has 0 spiro atoms. The second-order valence-electron chi connectivity index (χ2n) is 5.70. The van der Waals surface area contributed by atoms with Crippen LogP contribution in [-0.4, -0.2) is 10.9 Å². The number of aromatic nitrogens is 1. The van der Waals surface area contributed by atoms with E-state index in [9.17, 15) is 4.79 Å². The van der Waals surface area contributed by atoms with E-state index in [0.29, 0.717) is 12.1 Å². The first kappa shape index (κ1) is 16.8. The van der Waals surface area contributed by atoms with Gasteiger partial charge in [-0.15, -0.1) is 23.7 Å². The number of nitrogens with two attached hydrogens (primary N) is 1. The highest BCUT2D eigenvalue weighted by Crippen LogP contribution is 2.32. The molecule has 1 aromatic carbocycles. The van der Waals surface area contributed by atoms with E-state index in [2.05, 4.69) is 17.2 Å². The monoisotopic (exact) mass is 337 g/mol. The minimum absolute atomic E-state index is 0. The lowest BCUT2D eigenvalue weighted by atomic mass is 9.93. The van der Waals surface area contributed by atoms with Crippen molar-refractivity contribution in [2.45, 2.75) is 32.6 Å². The summed E-state index contributed by atoms with van der Waals surface area (Å²) in [4.78, 5) is 17.9. The zero-order chi connectivity index (χ0) is 14.8. The molecule has 0 fully saturated rings. The quantitative estimate of drug-likeness (QED) is 0.843. The van der Waals surface area contributed by atoms with Gasteiger partial charge in [-0.05, 0) is 42.9 Å². The van der Waals surface area contributed by atoms with Crippen LogP contribution in [0.4, 0.5) is 10.8 Å². The highest BCUT2D eigenvalue weighted by Gasteiger charge is 2.20. The van der Waals surface area contributed by atoms with Crippen LogP contribution in [0.2, 0.25) is 0 Å². The standard InChI is InChI=1S/C16H19N3OS.ClH/c1-10-2-7-13-14(8-10)21-16(18-13)19-15(20)9-11-3-5-12(17)6-4-11;/h3-6,10H,2,7-9,17H2,1H3,(H,18,19,20);1H. The average molecular weight is 338 g/mol. The van der Waals surface area contributed by atoms with Crippen LogP contribution in [-0.2, 0) is 24.1 Å². The van der Waals surface area contributed by atoms with Crippen molar-refractivity contribution in [2.75, 3.05) is 11.1 Å². The zero-order valence-corrected chi connectivity index (χ0v) is 14.1. The Morgan fingerprint density at radius 3 is 2.86 bits per heavy atom. The summed E-state index contributed by atoms with van der Waals surface area (Å²) in [5, 5.41) is 3.65. The summed E-state index contributed by atoms with van der Waals surface area (Å²) in [5.41, 5.74) is 8.47. The maximum Gasteiger partial charge on any atom is 0.230 e. The number of anilines is 2. The Balaban J connectivity index is 0.00000176. The maximum atomic E-state index is 12.1. The van der Waals surface area contributed by atoms with Gasteiger partial charge < -0.3 is 11.1 Å². The van der Waals surface area contributed by atoms with Gasteiger partial charge in [0.25, 0.3) is 0 Å². The van der Waals surface area contributed by atoms with Crippen LogP contribution in [0.15, 0.2) is 24.3 Å². The van der Waals surface area contributed by atoms with Crippen LogP contribution in [0.25, 0.3) is 0 Å². The van der Waals surface area contributed by atoms with Gasteiger partial charge in [0.15, 0.2) is 5.13 Å². The number of nitrogens with zero attached hydrogens (tertiary/aromatic N) is 1. The van der Waals surface area contributed by atoms with E-state index in [1.807, 2.05) is 24.3 Å². The predicted molar refractivity (Wildman–Crippen MR) is 93.7 cm³/mol. The molecule has 1 amide bonds. The number of amides is 1. The van der Waals surface area contributed by atoms with E-state index < -0.39 is 0 Å². The molecule has 1 heterocycles. The molecule has 0 radical (unpaired) electrons. The lowest BCUT2D eigenvalue weighted by molar-refractivity contribution is -0.115. The predicted octanol–water partition coefficient (Wildman–Crippen LogP) is 3.45. The number of nitrogen functional groups attached to an aromatic ring is 1. The number of halogens is 1. The molecule has 3 rings (SSSR count). The fourth-order valence-electron chi connectivity index (χ4n) is 2.58. The molecule has 1 aromatic heterocycles. The lowest BCUT2D eigenvalue weighted by Gasteiger charge is -2.15. The van der Waals surface area contributed by atoms with Gasteiger partial charge in [-0.3, -0.25) is 4.79 Å². The van der Waals surface area contributed by atoms with E-state index in [4.69, 9.17) is 5.73 Å². The summed E-state index contributed by atoms with van der Waals surface area (Å²) in [6, 6.07) is 7.38. The first-order valence-corrected chi connectivity index (χ1v) is 8.04. The Kier molecular flexibility index (Phi) is 5.42. The van der Waals surface area contributed by atoms with Crippen LogP contribution < -0.4 is 11.1 Å². The molecule has 2 aromatic rings. The first-order valence-electron chi connectivity index (χ1n) is 7.23. The van der Waals surface area contributed by atoms with E-state index in [0.717, 1.165) is 29.5 Å². The fourth-order valence-corrected chi connectivity index (χ4v) is 3.77. The summed E-state index contributed by atoms with van der Waals surface area (Å²) >= 11 is 1.62. The van der Waals surface area contributed by atoms with Gasteiger partial charge in [-0.2, -0.15) is 0 Å². The van der Waals surface area contributed by atoms with Crippen LogP contribution in [0.3, 0.4) is 0 Å². The molecule has 1 aliphatic rings. The molecule has 118 valence electrons. The summed E-state index contributed by atoms with van der Waals surface area (Å²) in [6.45, 7) is 2.27. The molecule has 6 heteroatoms. The van der Waals surface area contributed by atoms with Crippen molar-refractivity contribution in [1.82, 2.24) is 4.98 Å². The normalized spacial score (nSPS) is 16.5. The Hall–Kier alpha value is -1.59. The van der Waals surface area contributed by atoms with E-state index >= 15 is 0 Å². The summed E-state index contributed by atoms with van der Waals surface area (Å²) < 4.78 is 0. The molecule has 1 atom stereocenters. The summed E-state index contributed by atoms with van der Waals surface area (Å²) in [7, 11) is 0. The molecule has 3 N–H and O–H groups in total. The topological polar surface area (TPSA) is 68.0 Å². The van der Waals surface area contributed by atoms with Gasteiger partial charge in [-0.25, -0.2) is 4.98 Å². The number of carbonyl (C=O) groups is 1. The number of carbonyl (C=O) groups excluding carboxylic acids is 1. The third kappa shape index (κ3) is 3.99. The molecule has 0 saturated carbocycles. The van der Waals surface area contributed by atoms with Gasteiger partial charge in [-0.1, -0.05) is 19.1 Å². The van der Waals surface area contributed by atoms with Crippen molar-refractivity contribution >= 4 is 40.5 Å². The Morgan fingerprint density at radius 2 is 2.14 bits per heavy atom. The Bertz CT molecular complexity index is 654. The number of fused-ring (bicyclic) bond motifs is 1. The smallest absolute Gasteiger partial charge is 0.230 e. The third-order valence-corrected chi connectivity index (χ3v) is 4.81. The van der Waals surface area contributed by atoms with Crippen molar-refractivity contribution in [3.05, 3.63) is 40.4 Å². The fraction of sp³-hybridized carbons (Fsp3) is 0.375. The first-order chi connectivity index (χ1) is 10.1. The number of hydrogen-bond acceptors (Lipinski definition) is 4. The number of rotatable bonds is 3. The van der Waals surface area contributed by atoms with Crippen LogP contribution >= 0.6 is 23.7 Å². The summed E-state index contributed by atoms with van der Waals surface area (Å²) in [6.07, 6.45) is 3.65. The second-order valence-corrected chi connectivity index (χ2v) is 6.79.